The van der Waals surface area contributed by atoms with Gasteiger partial charge in [0.05, 0.1) is 10.5 Å². The third kappa shape index (κ3) is 3.76. The molecule has 142 valence electrons. The first kappa shape index (κ1) is 19.2. The molecule has 0 atom stereocenters. The molecular formula is C21H23NO4S. The summed E-state index contributed by atoms with van der Waals surface area (Å²) in [7, 11) is -3.74. The predicted octanol–water partition coefficient (Wildman–Crippen LogP) is 5.04. The van der Waals surface area contributed by atoms with Gasteiger partial charge in [0.25, 0.3) is 10.0 Å². The topological polar surface area (TPSA) is 76.4 Å². The summed E-state index contributed by atoms with van der Waals surface area (Å²) in [6.45, 7) is 9.40. The lowest BCUT2D eigenvalue weighted by atomic mass is 9.87. The number of rotatable bonds is 4. The summed E-state index contributed by atoms with van der Waals surface area (Å²) in [5.74, 6) is 0.402. The number of hydrogen-bond acceptors (Lipinski definition) is 4. The van der Waals surface area contributed by atoms with Crippen LogP contribution in [0.25, 0.3) is 11.0 Å². The van der Waals surface area contributed by atoms with Crippen LogP contribution in [-0.2, 0) is 15.4 Å². The van der Waals surface area contributed by atoms with E-state index in [1.165, 1.54) is 6.92 Å². The van der Waals surface area contributed by atoms with Gasteiger partial charge in [-0.05, 0) is 55.2 Å². The second kappa shape index (κ2) is 6.53. The lowest BCUT2D eigenvalue weighted by Crippen LogP contribution is -2.14. The fourth-order valence-corrected chi connectivity index (χ4v) is 4.12. The number of Topliss-reactive ketones (excluding diaryl/α,β-unsaturated/α-hetero) is 1. The zero-order valence-corrected chi connectivity index (χ0v) is 16.9. The Morgan fingerprint density at radius 1 is 1.04 bits per heavy atom. The van der Waals surface area contributed by atoms with Gasteiger partial charge in [0.1, 0.15) is 11.3 Å². The van der Waals surface area contributed by atoms with E-state index in [9.17, 15) is 13.2 Å². The second-order valence-corrected chi connectivity index (χ2v) is 9.36. The zero-order chi connectivity index (χ0) is 20.0. The average molecular weight is 385 g/mol. The molecule has 1 N–H and O–H groups in total. The van der Waals surface area contributed by atoms with Crippen LogP contribution in [0.4, 0.5) is 5.69 Å². The van der Waals surface area contributed by atoms with Gasteiger partial charge in [-0.3, -0.25) is 9.52 Å². The molecular weight excluding hydrogens is 362 g/mol. The van der Waals surface area contributed by atoms with E-state index in [1.807, 2.05) is 12.1 Å². The maximum absolute atomic E-state index is 12.7. The maximum Gasteiger partial charge on any atom is 0.261 e. The van der Waals surface area contributed by atoms with E-state index in [2.05, 4.69) is 25.5 Å². The molecule has 1 aromatic heterocycles. The summed E-state index contributed by atoms with van der Waals surface area (Å²) in [4.78, 5) is 12.1. The van der Waals surface area contributed by atoms with Crippen molar-refractivity contribution in [3.63, 3.8) is 0 Å². The first-order valence-electron chi connectivity index (χ1n) is 8.66. The van der Waals surface area contributed by atoms with Crippen molar-refractivity contribution in [2.24, 2.45) is 0 Å². The molecule has 2 aromatic carbocycles. The van der Waals surface area contributed by atoms with Gasteiger partial charge >= 0.3 is 0 Å². The number of fused-ring (bicyclic) bond motifs is 1. The number of carbonyl (C=O) groups excluding carboxylic acids is 1. The van der Waals surface area contributed by atoms with Gasteiger partial charge in [-0.1, -0.05) is 32.9 Å². The standard InChI is InChI=1S/C21H23NO4S/c1-13(23)20-14(2)26-19-11-8-16(12-18(19)20)22-27(24,25)17-9-6-15(7-10-17)21(3,4)5/h6-12,22H,1-5H3. The summed E-state index contributed by atoms with van der Waals surface area (Å²) in [6.07, 6.45) is 0. The maximum atomic E-state index is 12.7. The number of ketones is 1. The van der Waals surface area contributed by atoms with Crippen LogP contribution in [-0.4, -0.2) is 14.2 Å². The van der Waals surface area contributed by atoms with Crippen molar-refractivity contribution in [3.05, 3.63) is 59.4 Å². The molecule has 1 heterocycles. The van der Waals surface area contributed by atoms with Gasteiger partial charge in [-0.15, -0.1) is 0 Å². The summed E-state index contributed by atoms with van der Waals surface area (Å²) in [5.41, 5.74) is 2.41. The van der Waals surface area contributed by atoms with E-state index in [1.54, 1.807) is 37.3 Å². The Bertz CT molecular complexity index is 1120. The van der Waals surface area contributed by atoms with E-state index in [0.717, 1.165) is 5.56 Å². The third-order valence-electron chi connectivity index (χ3n) is 4.50. The fraction of sp³-hybridized carbons (Fsp3) is 0.286. The quantitative estimate of drug-likeness (QED) is 0.638. The van der Waals surface area contributed by atoms with E-state index in [0.29, 0.717) is 28.0 Å². The Kier molecular flexibility index (Phi) is 4.64. The fourth-order valence-electron chi connectivity index (χ4n) is 3.07. The zero-order valence-electron chi connectivity index (χ0n) is 16.1. The van der Waals surface area contributed by atoms with Gasteiger partial charge in [0.2, 0.25) is 0 Å². The minimum Gasteiger partial charge on any atom is -0.461 e. The minimum absolute atomic E-state index is 0.0526. The molecule has 0 aliphatic carbocycles. The van der Waals surface area contributed by atoms with Crippen molar-refractivity contribution in [2.75, 3.05) is 4.72 Å². The van der Waals surface area contributed by atoms with Crippen molar-refractivity contribution in [3.8, 4) is 0 Å². The van der Waals surface area contributed by atoms with E-state index in [4.69, 9.17) is 4.42 Å². The predicted molar refractivity (Wildman–Crippen MR) is 107 cm³/mol. The molecule has 0 aliphatic rings. The molecule has 6 heteroatoms. The largest absolute Gasteiger partial charge is 0.461 e. The Balaban J connectivity index is 1.96. The number of sulfonamides is 1. The first-order valence-corrected chi connectivity index (χ1v) is 10.1. The van der Waals surface area contributed by atoms with E-state index >= 15 is 0 Å². The van der Waals surface area contributed by atoms with Gasteiger partial charge in [0, 0.05) is 11.1 Å². The average Bonchev–Trinajstić information content (AvgIpc) is 2.89. The SMILES string of the molecule is CC(=O)c1c(C)oc2ccc(NS(=O)(=O)c3ccc(C(C)(C)C)cc3)cc12. The smallest absolute Gasteiger partial charge is 0.261 e. The van der Waals surface area contributed by atoms with Crippen LogP contribution in [0.3, 0.4) is 0 Å². The Labute approximate surface area is 159 Å². The highest BCUT2D eigenvalue weighted by Crippen LogP contribution is 2.30. The lowest BCUT2D eigenvalue weighted by Gasteiger charge is -2.19. The molecule has 0 saturated carbocycles. The molecule has 5 nitrogen and oxygen atoms in total. The van der Waals surface area contributed by atoms with Crippen LogP contribution in [0.5, 0.6) is 0 Å². The summed E-state index contributed by atoms with van der Waals surface area (Å²) in [5, 5.41) is 0.600. The van der Waals surface area contributed by atoms with Crippen LogP contribution in [0.15, 0.2) is 51.8 Å². The molecule has 0 radical (unpaired) electrons. The van der Waals surface area contributed by atoms with Crippen LogP contribution in [0.1, 0.15) is 49.4 Å². The first-order chi connectivity index (χ1) is 12.5. The highest BCUT2D eigenvalue weighted by molar-refractivity contribution is 7.92. The third-order valence-corrected chi connectivity index (χ3v) is 5.90. The second-order valence-electron chi connectivity index (χ2n) is 7.68. The minimum atomic E-state index is -3.74. The summed E-state index contributed by atoms with van der Waals surface area (Å²) in [6, 6.07) is 11.8. The molecule has 0 saturated heterocycles. The van der Waals surface area contributed by atoms with E-state index in [-0.39, 0.29) is 16.1 Å². The number of furan rings is 1. The molecule has 0 amide bonds. The van der Waals surface area contributed by atoms with Crippen LogP contribution in [0.2, 0.25) is 0 Å². The molecule has 27 heavy (non-hydrogen) atoms. The van der Waals surface area contributed by atoms with Gasteiger partial charge in [-0.2, -0.15) is 0 Å². The normalized spacial score (nSPS) is 12.3. The lowest BCUT2D eigenvalue weighted by molar-refractivity contribution is 0.101. The molecule has 3 aromatic rings. The molecule has 0 aliphatic heterocycles. The highest BCUT2D eigenvalue weighted by atomic mass is 32.2. The van der Waals surface area contributed by atoms with Crippen molar-refractivity contribution in [1.29, 1.82) is 0 Å². The Morgan fingerprint density at radius 2 is 1.67 bits per heavy atom. The summed E-state index contributed by atoms with van der Waals surface area (Å²) >= 11 is 0. The van der Waals surface area contributed by atoms with Crippen LogP contribution >= 0.6 is 0 Å². The molecule has 0 spiro atoms. The monoisotopic (exact) mass is 385 g/mol. The van der Waals surface area contributed by atoms with Crippen LogP contribution < -0.4 is 4.72 Å². The molecule has 0 unspecified atom stereocenters. The number of hydrogen-bond donors (Lipinski definition) is 1. The highest BCUT2D eigenvalue weighted by Gasteiger charge is 2.19. The Morgan fingerprint density at radius 3 is 2.22 bits per heavy atom. The number of aryl methyl sites for hydroxylation is 1. The molecule has 0 bridgehead atoms. The Hall–Kier alpha value is -2.60. The van der Waals surface area contributed by atoms with Crippen LogP contribution in [0, 0.1) is 6.92 Å². The van der Waals surface area contributed by atoms with Crippen molar-refractivity contribution in [1.82, 2.24) is 0 Å². The molecule has 3 rings (SSSR count). The van der Waals surface area contributed by atoms with Crippen molar-refractivity contribution >= 4 is 32.5 Å². The van der Waals surface area contributed by atoms with Crippen molar-refractivity contribution < 1.29 is 17.6 Å². The number of nitrogens with one attached hydrogen (secondary N) is 1. The number of carbonyl (C=O) groups is 1. The number of benzene rings is 2. The summed E-state index contributed by atoms with van der Waals surface area (Å²) < 4.78 is 33.6. The number of anilines is 1. The van der Waals surface area contributed by atoms with E-state index < -0.39 is 10.0 Å². The molecule has 0 fully saturated rings. The van der Waals surface area contributed by atoms with Crippen molar-refractivity contribution in [2.45, 2.75) is 44.9 Å². The van der Waals surface area contributed by atoms with Gasteiger partial charge in [-0.25, -0.2) is 8.42 Å². The van der Waals surface area contributed by atoms with Gasteiger partial charge < -0.3 is 4.42 Å². The van der Waals surface area contributed by atoms with Gasteiger partial charge in [0.15, 0.2) is 5.78 Å².